The molecule has 0 saturated heterocycles. The van der Waals surface area contributed by atoms with E-state index in [4.69, 9.17) is 4.74 Å². The zero-order chi connectivity index (χ0) is 21.1. The molecule has 4 heteroatoms. The monoisotopic (exact) mass is 384 g/mol. The molecule has 0 aliphatic carbocycles. The maximum absolute atomic E-state index is 12.1. The molecular weight excluding hydrogens is 352 g/mol. The minimum atomic E-state index is -0.639. The van der Waals surface area contributed by atoms with Crippen LogP contribution in [0.1, 0.15) is 81.0 Å². The van der Waals surface area contributed by atoms with Gasteiger partial charge in [-0.05, 0) is 78.5 Å². The van der Waals surface area contributed by atoms with Gasteiger partial charge < -0.3 is 9.84 Å². The molecule has 0 aliphatic rings. The van der Waals surface area contributed by atoms with Crippen LogP contribution in [0.3, 0.4) is 0 Å². The predicted molar refractivity (Wildman–Crippen MR) is 114 cm³/mol. The second kappa shape index (κ2) is 12.0. The van der Waals surface area contributed by atoms with Crippen molar-refractivity contribution in [1.82, 2.24) is 0 Å². The van der Waals surface area contributed by atoms with E-state index in [1.54, 1.807) is 6.07 Å². The van der Waals surface area contributed by atoms with E-state index in [1.165, 1.54) is 30.2 Å². The second-order valence-electron chi connectivity index (χ2n) is 7.32. The van der Waals surface area contributed by atoms with Crippen molar-refractivity contribution in [3.05, 3.63) is 64.3 Å². The van der Waals surface area contributed by atoms with Crippen LogP contribution in [-0.4, -0.2) is 23.5 Å². The first kappa shape index (κ1) is 23.4. The average Bonchev–Trinajstić information content (AvgIpc) is 2.61. The second-order valence-corrected chi connectivity index (χ2v) is 7.32. The first-order valence-corrected chi connectivity index (χ1v) is 9.67. The number of ketones is 1. The summed E-state index contributed by atoms with van der Waals surface area (Å²) in [4.78, 5) is 23.6. The van der Waals surface area contributed by atoms with E-state index >= 15 is 0 Å². The lowest BCUT2D eigenvalue weighted by Gasteiger charge is -2.07. The van der Waals surface area contributed by atoms with Crippen LogP contribution in [0, 0.1) is 0 Å². The Hall–Kier alpha value is -2.62. The number of Topliss-reactive ketones (excluding diaryl/α,β-unsaturated/α-hetero) is 1. The number of aromatic hydroxyl groups is 1. The summed E-state index contributed by atoms with van der Waals surface area (Å²) in [7, 11) is 0. The first-order valence-electron chi connectivity index (χ1n) is 9.67. The summed E-state index contributed by atoms with van der Waals surface area (Å²) in [5.74, 6) is -1.26. The van der Waals surface area contributed by atoms with Gasteiger partial charge in [0, 0.05) is 0 Å². The molecule has 4 nitrogen and oxygen atoms in total. The number of benzene rings is 1. The lowest BCUT2D eigenvalue weighted by molar-refractivity contribution is 0.0545. The zero-order valence-electron chi connectivity index (χ0n) is 17.7. The van der Waals surface area contributed by atoms with Crippen molar-refractivity contribution >= 4 is 11.8 Å². The molecule has 0 bridgehead atoms. The Morgan fingerprint density at radius 1 is 0.893 bits per heavy atom. The van der Waals surface area contributed by atoms with Gasteiger partial charge in [-0.1, -0.05) is 34.9 Å². The number of allylic oxidation sites excluding steroid dienone is 5. The van der Waals surface area contributed by atoms with Crippen LogP contribution in [0.25, 0.3) is 0 Å². The number of phenolic OH excluding ortho intramolecular Hbond substituents is 1. The summed E-state index contributed by atoms with van der Waals surface area (Å²) in [6, 6.07) is 4.48. The topological polar surface area (TPSA) is 63.6 Å². The molecular formula is C24H32O4. The van der Waals surface area contributed by atoms with Crippen molar-refractivity contribution in [2.45, 2.75) is 60.3 Å². The van der Waals surface area contributed by atoms with E-state index in [9.17, 15) is 14.7 Å². The van der Waals surface area contributed by atoms with E-state index in [0.717, 1.165) is 31.3 Å². The average molecular weight is 385 g/mol. The Morgan fingerprint density at radius 2 is 1.46 bits per heavy atom. The largest absolute Gasteiger partial charge is 0.506 e. The SMILES string of the molecule is CC(=O)c1cccc(C(=O)OC/C=C(\C)CC/C=C(\C)CCC=C(C)C)c1O. The number of carbonyl (C=O) groups excluding carboxylic acids is 2. The molecule has 152 valence electrons. The fourth-order valence-corrected chi connectivity index (χ4v) is 2.67. The molecule has 0 atom stereocenters. The maximum Gasteiger partial charge on any atom is 0.342 e. The van der Waals surface area contributed by atoms with Crippen molar-refractivity contribution in [3.8, 4) is 5.75 Å². The number of hydrogen-bond donors (Lipinski definition) is 1. The van der Waals surface area contributed by atoms with E-state index < -0.39 is 5.97 Å². The van der Waals surface area contributed by atoms with E-state index in [-0.39, 0.29) is 29.3 Å². The summed E-state index contributed by atoms with van der Waals surface area (Å²) in [5.41, 5.74) is 4.00. The molecule has 0 aromatic heterocycles. The molecule has 0 saturated carbocycles. The van der Waals surface area contributed by atoms with Gasteiger partial charge in [0.05, 0.1) is 5.56 Å². The summed E-state index contributed by atoms with van der Waals surface area (Å²) >= 11 is 0. The van der Waals surface area contributed by atoms with Crippen molar-refractivity contribution < 1.29 is 19.4 Å². The number of ether oxygens (including phenoxy) is 1. The highest BCUT2D eigenvalue weighted by Crippen LogP contribution is 2.23. The molecule has 28 heavy (non-hydrogen) atoms. The summed E-state index contributed by atoms with van der Waals surface area (Å²) in [6.07, 6.45) is 10.4. The number of hydrogen-bond acceptors (Lipinski definition) is 4. The molecule has 0 amide bonds. The smallest absolute Gasteiger partial charge is 0.342 e. The summed E-state index contributed by atoms with van der Waals surface area (Å²) < 4.78 is 5.21. The number of carbonyl (C=O) groups is 2. The number of esters is 1. The first-order chi connectivity index (χ1) is 13.2. The summed E-state index contributed by atoms with van der Waals surface area (Å²) in [6.45, 7) is 9.86. The standard InChI is InChI=1S/C24H32O4/c1-17(2)9-6-10-18(3)11-7-12-19(4)15-16-28-24(27)22-14-8-13-21(20(5)25)23(22)26/h8-9,11,13-15,26H,6-7,10,12,16H2,1-5H3/b18-11+,19-15+. The van der Waals surface area contributed by atoms with Crippen molar-refractivity contribution in [2.24, 2.45) is 0 Å². The Kier molecular flexibility index (Phi) is 10.0. The molecule has 0 heterocycles. The van der Waals surface area contributed by atoms with Gasteiger partial charge in [-0.3, -0.25) is 4.79 Å². The molecule has 0 aliphatic heterocycles. The minimum absolute atomic E-state index is 0.00803. The molecule has 0 fully saturated rings. The van der Waals surface area contributed by atoms with E-state index in [1.807, 2.05) is 13.0 Å². The maximum atomic E-state index is 12.1. The fourth-order valence-electron chi connectivity index (χ4n) is 2.67. The number of phenols is 1. The third-order valence-corrected chi connectivity index (χ3v) is 4.40. The van der Waals surface area contributed by atoms with Crippen LogP contribution in [0.4, 0.5) is 0 Å². The molecule has 0 radical (unpaired) electrons. The minimum Gasteiger partial charge on any atom is -0.506 e. The third-order valence-electron chi connectivity index (χ3n) is 4.40. The summed E-state index contributed by atoms with van der Waals surface area (Å²) in [5, 5.41) is 10.1. The van der Waals surface area contributed by atoms with Gasteiger partial charge in [-0.25, -0.2) is 4.79 Å². The molecule has 1 rings (SSSR count). The Morgan fingerprint density at radius 3 is 2.07 bits per heavy atom. The molecule has 1 aromatic rings. The van der Waals surface area contributed by atoms with Gasteiger partial charge in [0.2, 0.25) is 0 Å². The predicted octanol–water partition coefficient (Wildman–Crippen LogP) is 6.17. The van der Waals surface area contributed by atoms with Gasteiger partial charge >= 0.3 is 5.97 Å². The van der Waals surface area contributed by atoms with Gasteiger partial charge in [-0.2, -0.15) is 0 Å². The quantitative estimate of drug-likeness (QED) is 0.298. The third kappa shape index (κ3) is 8.38. The molecule has 0 unspecified atom stereocenters. The van der Waals surface area contributed by atoms with E-state index in [2.05, 4.69) is 32.9 Å². The number of para-hydroxylation sites is 1. The Balaban J connectivity index is 2.48. The van der Waals surface area contributed by atoms with Gasteiger partial charge in [0.15, 0.2) is 5.78 Å². The molecule has 1 N–H and O–H groups in total. The highest BCUT2D eigenvalue weighted by molar-refractivity contribution is 6.02. The highest BCUT2D eigenvalue weighted by Gasteiger charge is 2.17. The lowest BCUT2D eigenvalue weighted by atomic mass is 10.1. The van der Waals surface area contributed by atoms with Crippen molar-refractivity contribution in [2.75, 3.05) is 6.61 Å². The van der Waals surface area contributed by atoms with Crippen LogP contribution >= 0.6 is 0 Å². The van der Waals surface area contributed by atoms with Crippen LogP contribution in [-0.2, 0) is 4.74 Å². The van der Waals surface area contributed by atoms with Crippen molar-refractivity contribution in [1.29, 1.82) is 0 Å². The fraction of sp³-hybridized carbons (Fsp3) is 0.417. The van der Waals surface area contributed by atoms with Gasteiger partial charge in [-0.15, -0.1) is 0 Å². The van der Waals surface area contributed by atoms with Gasteiger partial charge in [0.1, 0.15) is 17.9 Å². The van der Waals surface area contributed by atoms with Crippen LogP contribution in [0.2, 0.25) is 0 Å². The normalized spacial score (nSPS) is 11.9. The molecule has 1 aromatic carbocycles. The highest BCUT2D eigenvalue weighted by atomic mass is 16.5. The van der Waals surface area contributed by atoms with Crippen LogP contribution in [0.15, 0.2) is 53.1 Å². The number of rotatable bonds is 10. The Bertz CT molecular complexity index is 778. The molecule has 0 spiro atoms. The van der Waals surface area contributed by atoms with E-state index in [0.29, 0.717) is 0 Å². The van der Waals surface area contributed by atoms with Gasteiger partial charge in [0.25, 0.3) is 0 Å². The zero-order valence-corrected chi connectivity index (χ0v) is 17.7. The van der Waals surface area contributed by atoms with Crippen LogP contribution < -0.4 is 0 Å². The lowest BCUT2D eigenvalue weighted by Crippen LogP contribution is -2.07. The van der Waals surface area contributed by atoms with Crippen LogP contribution in [0.5, 0.6) is 5.75 Å². The Labute approximate surface area is 168 Å². The van der Waals surface area contributed by atoms with Crippen molar-refractivity contribution in [3.63, 3.8) is 0 Å².